The molecule has 0 atom stereocenters. The Hall–Kier alpha value is -4.36. The highest BCUT2D eigenvalue weighted by atomic mass is 16.5. The third-order valence-electron chi connectivity index (χ3n) is 4.81. The molecule has 4 heteroatoms. The Morgan fingerprint density at radius 1 is 0.750 bits per heavy atom. The van der Waals surface area contributed by atoms with Crippen molar-refractivity contribution in [1.29, 1.82) is 5.26 Å². The van der Waals surface area contributed by atoms with Crippen LogP contribution in [0.1, 0.15) is 22.4 Å². The SMILES string of the molecule is N#CC(=Cc1ccc(OCc2ccccc2)c(OCc2ccccc2)c1)c1ccccn1. The molecule has 1 aromatic heterocycles. The van der Waals surface area contributed by atoms with Crippen LogP contribution in [-0.4, -0.2) is 4.98 Å². The van der Waals surface area contributed by atoms with Gasteiger partial charge in [-0.2, -0.15) is 5.26 Å². The Morgan fingerprint density at radius 3 is 1.97 bits per heavy atom. The number of rotatable bonds is 8. The molecule has 4 nitrogen and oxygen atoms in total. The number of hydrogen-bond acceptors (Lipinski definition) is 4. The molecule has 0 aliphatic rings. The number of benzene rings is 3. The zero-order chi connectivity index (χ0) is 22.0. The molecule has 0 N–H and O–H groups in total. The minimum Gasteiger partial charge on any atom is -0.485 e. The topological polar surface area (TPSA) is 55.1 Å². The molecule has 4 rings (SSSR count). The molecule has 32 heavy (non-hydrogen) atoms. The molecule has 0 spiro atoms. The summed E-state index contributed by atoms with van der Waals surface area (Å²) < 4.78 is 12.2. The number of hydrogen-bond donors (Lipinski definition) is 0. The largest absolute Gasteiger partial charge is 0.485 e. The van der Waals surface area contributed by atoms with Gasteiger partial charge in [-0.3, -0.25) is 4.98 Å². The van der Waals surface area contributed by atoms with E-state index in [-0.39, 0.29) is 0 Å². The predicted octanol–water partition coefficient (Wildman–Crippen LogP) is 6.30. The van der Waals surface area contributed by atoms with E-state index in [1.165, 1.54) is 0 Å². The van der Waals surface area contributed by atoms with E-state index in [4.69, 9.17) is 9.47 Å². The van der Waals surface area contributed by atoms with Crippen LogP contribution in [0.2, 0.25) is 0 Å². The van der Waals surface area contributed by atoms with Crippen molar-refractivity contribution in [3.63, 3.8) is 0 Å². The van der Waals surface area contributed by atoms with Gasteiger partial charge in [-0.15, -0.1) is 0 Å². The van der Waals surface area contributed by atoms with Gasteiger partial charge in [-0.05, 0) is 47.0 Å². The van der Waals surface area contributed by atoms with Crippen LogP contribution in [0, 0.1) is 11.3 Å². The zero-order valence-corrected chi connectivity index (χ0v) is 17.5. The molecule has 0 saturated heterocycles. The average molecular weight is 418 g/mol. The molecule has 0 amide bonds. The number of ether oxygens (including phenoxy) is 2. The Morgan fingerprint density at radius 2 is 1.38 bits per heavy atom. The summed E-state index contributed by atoms with van der Waals surface area (Å²) in [6.07, 6.45) is 3.48. The first kappa shape index (κ1) is 20.9. The van der Waals surface area contributed by atoms with Crippen molar-refractivity contribution in [2.24, 2.45) is 0 Å². The summed E-state index contributed by atoms with van der Waals surface area (Å²) in [5, 5.41) is 9.61. The second kappa shape index (κ2) is 10.6. The first-order chi connectivity index (χ1) is 15.8. The standard InChI is InChI=1S/C28H22N2O2/c29-19-25(26-13-7-8-16-30-26)17-24-14-15-27(31-20-22-9-3-1-4-10-22)28(18-24)32-21-23-11-5-2-6-12-23/h1-18H,20-21H2. The van der Waals surface area contributed by atoms with Crippen LogP contribution in [0.4, 0.5) is 0 Å². The molecule has 0 bridgehead atoms. The quantitative estimate of drug-likeness (QED) is 0.315. The number of pyridine rings is 1. The number of nitrogens with zero attached hydrogens (tertiary/aromatic N) is 2. The summed E-state index contributed by atoms with van der Waals surface area (Å²) in [5.74, 6) is 1.27. The maximum absolute atomic E-state index is 9.61. The van der Waals surface area contributed by atoms with Crippen molar-refractivity contribution < 1.29 is 9.47 Å². The molecular formula is C28H22N2O2. The number of aromatic nitrogens is 1. The zero-order valence-electron chi connectivity index (χ0n) is 17.5. The van der Waals surface area contributed by atoms with Gasteiger partial charge >= 0.3 is 0 Å². The summed E-state index contributed by atoms with van der Waals surface area (Å²) >= 11 is 0. The van der Waals surface area contributed by atoms with Gasteiger partial charge in [-0.25, -0.2) is 0 Å². The third-order valence-corrected chi connectivity index (χ3v) is 4.81. The van der Waals surface area contributed by atoms with Crippen molar-refractivity contribution in [3.05, 3.63) is 126 Å². The van der Waals surface area contributed by atoms with Gasteiger partial charge in [0.05, 0.1) is 11.3 Å². The fourth-order valence-electron chi connectivity index (χ4n) is 3.17. The lowest BCUT2D eigenvalue weighted by Gasteiger charge is -2.14. The Balaban J connectivity index is 1.60. The Kier molecular flexibility index (Phi) is 6.92. The van der Waals surface area contributed by atoms with E-state index in [2.05, 4.69) is 11.1 Å². The summed E-state index contributed by atoms with van der Waals surface area (Å²) in [6.45, 7) is 0.857. The minimum absolute atomic E-state index is 0.418. The van der Waals surface area contributed by atoms with Crippen LogP contribution in [0.5, 0.6) is 11.5 Å². The smallest absolute Gasteiger partial charge is 0.162 e. The van der Waals surface area contributed by atoms with Gasteiger partial charge in [-0.1, -0.05) is 72.8 Å². The number of allylic oxidation sites excluding steroid dienone is 1. The maximum Gasteiger partial charge on any atom is 0.162 e. The predicted molar refractivity (Wildman–Crippen MR) is 126 cm³/mol. The second-order valence-corrected chi connectivity index (χ2v) is 7.14. The molecule has 0 aliphatic heterocycles. The van der Waals surface area contributed by atoms with E-state index in [9.17, 15) is 5.26 Å². The van der Waals surface area contributed by atoms with E-state index in [0.717, 1.165) is 16.7 Å². The van der Waals surface area contributed by atoms with Crippen LogP contribution >= 0.6 is 0 Å². The van der Waals surface area contributed by atoms with Gasteiger partial charge in [0.15, 0.2) is 11.5 Å². The molecule has 0 saturated carbocycles. The molecule has 0 radical (unpaired) electrons. The van der Waals surface area contributed by atoms with Crippen LogP contribution in [0.3, 0.4) is 0 Å². The lowest BCUT2D eigenvalue weighted by Crippen LogP contribution is -2.01. The van der Waals surface area contributed by atoms with Gasteiger partial charge in [0.25, 0.3) is 0 Å². The molecule has 0 unspecified atom stereocenters. The fraction of sp³-hybridized carbons (Fsp3) is 0.0714. The molecular weight excluding hydrogens is 396 g/mol. The highest BCUT2D eigenvalue weighted by molar-refractivity contribution is 5.88. The molecule has 4 aromatic rings. The number of nitriles is 1. The molecule has 1 heterocycles. The Labute approximate surface area is 188 Å². The lowest BCUT2D eigenvalue weighted by atomic mass is 10.1. The van der Waals surface area contributed by atoms with Crippen LogP contribution in [0.15, 0.2) is 103 Å². The second-order valence-electron chi connectivity index (χ2n) is 7.14. The van der Waals surface area contributed by atoms with E-state index >= 15 is 0 Å². The van der Waals surface area contributed by atoms with Crippen LogP contribution < -0.4 is 9.47 Å². The van der Waals surface area contributed by atoms with E-state index in [1.54, 1.807) is 12.3 Å². The van der Waals surface area contributed by atoms with Crippen LogP contribution in [0.25, 0.3) is 11.6 Å². The summed E-state index contributed by atoms with van der Waals surface area (Å²) in [7, 11) is 0. The van der Waals surface area contributed by atoms with Crippen molar-refractivity contribution in [2.45, 2.75) is 13.2 Å². The normalized spacial score (nSPS) is 10.9. The van der Waals surface area contributed by atoms with E-state index in [0.29, 0.717) is 36.0 Å². The Bertz CT molecular complexity index is 1210. The maximum atomic E-state index is 9.61. The first-order valence-corrected chi connectivity index (χ1v) is 10.3. The van der Waals surface area contributed by atoms with E-state index in [1.807, 2.05) is 97.1 Å². The van der Waals surface area contributed by atoms with Gasteiger partial charge in [0.1, 0.15) is 19.3 Å². The highest BCUT2D eigenvalue weighted by Crippen LogP contribution is 2.31. The van der Waals surface area contributed by atoms with Crippen LogP contribution in [-0.2, 0) is 13.2 Å². The molecule has 156 valence electrons. The van der Waals surface area contributed by atoms with Gasteiger partial charge < -0.3 is 9.47 Å². The summed E-state index contributed by atoms with van der Waals surface area (Å²) in [4.78, 5) is 4.28. The first-order valence-electron chi connectivity index (χ1n) is 10.3. The molecule has 0 fully saturated rings. The highest BCUT2D eigenvalue weighted by Gasteiger charge is 2.09. The fourth-order valence-corrected chi connectivity index (χ4v) is 3.17. The lowest BCUT2D eigenvalue weighted by molar-refractivity contribution is 0.256. The summed E-state index contributed by atoms with van der Waals surface area (Å²) in [6, 6.07) is 33.4. The minimum atomic E-state index is 0.418. The van der Waals surface area contributed by atoms with Crippen molar-refractivity contribution in [1.82, 2.24) is 4.98 Å². The average Bonchev–Trinajstić information content (AvgIpc) is 2.87. The van der Waals surface area contributed by atoms with E-state index < -0.39 is 0 Å². The van der Waals surface area contributed by atoms with Crippen molar-refractivity contribution >= 4 is 11.6 Å². The van der Waals surface area contributed by atoms with Gasteiger partial charge in [0, 0.05) is 6.20 Å². The van der Waals surface area contributed by atoms with Crippen molar-refractivity contribution in [2.75, 3.05) is 0 Å². The third kappa shape index (κ3) is 5.62. The molecule has 3 aromatic carbocycles. The van der Waals surface area contributed by atoms with Crippen molar-refractivity contribution in [3.8, 4) is 17.6 Å². The summed E-state index contributed by atoms with van der Waals surface area (Å²) in [5.41, 5.74) is 4.09. The monoisotopic (exact) mass is 418 g/mol. The van der Waals surface area contributed by atoms with Gasteiger partial charge in [0.2, 0.25) is 0 Å². The molecule has 0 aliphatic carbocycles.